The number of aryl methyl sites for hydroxylation is 2. The summed E-state index contributed by atoms with van der Waals surface area (Å²) < 4.78 is 7.31. The lowest BCUT2D eigenvalue weighted by Crippen LogP contribution is -2.28. The van der Waals surface area contributed by atoms with E-state index in [1.165, 1.54) is 0 Å². The van der Waals surface area contributed by atoms with Gasteiger partial charge in [-0.05, 0) is 37.0 Å². The van der Waals surface area contributed by atoms with E-state index in [-0.39, 0.29) is 23.7 Å². The Morgan fingerprint density at radius 3 is 2.81 bits per heavy atom. The lowest BCUT2D eigenvalue weighted by molar-refractivity contribution is -0.135. The van der Waals surface area contributed by atoms with Crippen LogP contribution in [0.4, 0.5) is 0 Å². The monoisotopic (exact) mass is 355 g/mol. The number of nitrogens with zero attached hydrogens (tertiary/aromatic N) is 2. The van der Waals surface area contributed by atoms with Gasteiger partial charge in [0, 0.05) is 25.7 Å². The quantitative estimate of drug-likeness (QED) is 0.639. The largest absolute Gasteiger partial charge is 0.425 e. The first-order chi connectivity index (χ1) is 12.3. The number of carbonyl (C=O) groups excluding carboxylic acids is 2. The van der Waals surface area contributed by atoms with Crippen LogP contribution in [0.15, 0.2) is 30.6 Å². The molecule has 6 heteroatoms. The molecule has 1 aromatic heterocycles. The number of hydrogen-bond donors (Lipinski definition) is 1. The van der Waals surface area contributed by atoms with Crippen LogP contribution in [-0.2, 0) is 11.8 Å². The van der Waals surface area contributed by atoms with Crippen LogP contribution in [0, 0.1) is 18.8 Å². The molecule has 138 valence electrons. The van der Waals surface area contributed by atoms with Gasteiger partial charge in [-0.3, -0.25) is 14.3 Å². The number of esters is 1. The highest BCUT2D eigenvalue weighted by Crippen LogP contribution is 2.48. The lowest BCUT2D eigenvalue weighted by Gasteiger charge is -2.12. The van der Waals surface area contributed by atoms with Crippen molar-refractivity contribution in [3.63, 3.8) is 0 Å². The Morgan fingerprint density at radius 1 is 1.38 bits per heavy atom. The Hall–Kier alpha value is -2.63. The molecule has 0 saturated heterocycles. The third kappa shape index (κ3) is 4.12. The molecule has 1 aliphatic rings. The van der Waals surface area contributed by atoms with Crippen LogP contribution in [0.2, 0.25) is 0 Å². The molecule has 1 N–H and O–H groups in total. The molecule has 2 atom stereocenters. The fraction of sp³-hybridized carbons (Fsp3) is 0.450. The number of rotatable bonds is 6. The first kappa shape index (κ1) is 18.2. The fourth-order valence-electron chi connectivity index (χ4n) is 2.94. The molecular weight excluding hydrogens is 330 g/mol. The van der Waals surface area contributed by atoms with Crippen molar-refractivity contribution < 1.29 is 14.3 Å². The average Bonchev–Trinajstić information content (AvgIpc) is 3.28. The predicted octanol–water partition coefficient (Wildman–Crippen LogP) is 2.82. The minimum Gasteiger partial charge on any atom is -0.425 e. The second-order valence-electron chi connectivity index (χ2n) is 7.42. The molecule has 0 unspecified atom stereocenters. The van der Waals surface area contributed by atoms with Crippen LogP contribution in [0.3, 0.4) is 0 Å². The topological polar surface area (TPSA) is 73.2 Å². The number of amides is 1. The molecule has 6 nitrogen and oxygen atoms in total. The standard InChI is InChI=1S/C20H25N3O3/c1-12(2)9-21-19(24)17-7-13(3)5-6-18(17)26-20(25)16-8-15(16)14-10-22-23(4)11-14/h5-7,10-12,15-16H,8-9H2,1-4H3,(H,21,24)/t15-,16-/m1/s1. The summed E-state index contributed by atoms with van der Waals surface area (Å²) in [5.41, 5.74) is 2.39. The Bertz CT molecular complexity index is 825. The van der Waals surface area contributed by atoms with E-state index in [1.54, 1.807) is 23.0 Å². The number of ether oxygens (including phenoxy) is 1. The Balaban J connectivity index is 1.69. The van der Waals surface area contributed by atoms with Gasteiger partial charge in [0.25, 0.3) is 5.91 Å². The number of nitrogens with one attached hydrogen (secondary N) is 1. The third-order valence-corrected chi connectivity index (χ3v) is 4.51. The van der Waals surface area contributed by atoms with Crippen LogP contribution in [0.5, 0.6) is 5.75 Å². The van der Waals surface area contributed by atoms with E-state index >= 15 is 0 Å². The number of carbonyl (C=O) groups is 2. The normalized spacial score (nSPS) is 18.7. The first-order valence-electron chi connectivity index (χ1n) is 8.94. The molecule has 0 spiro atoms. The summed E-state index contributed by atoms with van der Waals surface area (Å²) in [6.45, 7) is 6.54. The summed E-state index contributed by atoms with van der Waals surface area (Å²) in [5.74, 6) is 0.137. The smallest absolute Gasteiger partial charge is 0.314 e. The van der Waals surface area contributed by atoms with Gasteiger partial charge in [0.1, 0.15) is 5.75 Å². The van der Waals surface area contributed by atoms with Crippen molar-refractivity contribution in [3.05, 3.63) is 47.3 Å². The predicted molar refractivity (Wildman–Crippen MR) is 98.0 cm³/mol. The van der Waals surface area contributed by atoms with Crippen molar-refractivity contribution in [3.8, 4) is 5.75 Å². The van der Waals surface area contributed by atoms with Crippen molar-refractivity contribution >= 4 is 11.9 Å². The third-order valence-electron chi connectivity index (χ3n) is 4.51. The first-order valence-corrected chi connectivity index (χ1v) is 8.94. The van der Waals surface area contributed by atoms with E-state index in [1.807, 2.05) is 40.1 Å². The number of benzene rings is 1. The molecule has 1 aliphatic carbocycles. The maximum atomic E-state index is 12.5. The zero-order valence-electron chi connectivity index (χ0n) is 15.7. The van der Waals surface area contributed by atoms with E-state index in [0.717, 1.165) is 17.5 Å². The summed E-state index contributed by atoms with van der Waals surface area (Å²) in [7, 11) is 1.85. The van der Waals surface area contributed by atoms with E-state index in [9.17, 15) is 9.59 Å². The van der Waals surface area contributed by atoms with E-state index < -0.39 is 0 Å². The van der Waals surface area contributed by atoms with Crippen molar-refractivity contribution in [2.45, 2.75) is 33.1 Å². The average molecular weight is 355 g/mol. The van der Waals surface area contributed by atoms with Crippen molar-refractivity contribution in [2.24, 2.45) is 18.9 Å². The second kappa shape index (κ2) is 7.32. The Kier molecular flexibility index (Phi) is 5.11. The van der Waals surface area contributed by atoms with Gasteiger partial charge < -0.3 is 10.1 Å². The highest BCUT2D eigenvalue weighted by Gasteiger charge is 2.46. The van der Waals surface area contributed by atoms with Crippen molar-refractivity contribution in [1.29, 1.82) is 0 Å². The summed E-state index contributed by atoms with van der Waals surface area (Å²) >= 11 is 0. The molecule has 1 aromatic carbocycles. The lowest BCUT2D eigenvalue weighted by atomic mass is 10.1. The summed E-state index contributed by atoms with van der Waals surface area (Å²) in [4.78, 5) is 25.0. The second-order valence-corrected chi connectivity index (χ2v) is 7.42. The van der Waals surface area contributed by atoms with Crippen molar-refractivity contribution in [1.82, 2.24) is 15.1 Å². The maximum absolute atomic E-state index is 12.5. The van der Waals surface area contributed by atoms with Gasteiger partial charge in [-0.2, -0.15) is 5.10 Å². The molecule has 26 heavy (non-hydrogen) atoms. The number of aromatic nitrogens is 2. The molecular formula is C20H25N3O3. The SMILES string of the molecule is Cc1ccc(OC(=O)[C@@H]2C[C@@H]2c2cnn(C)c2)c(C(=O)NCC(C)C)c1. The van der Waals surface area contributed by atoms with Gasteiger partial charge in [-0.25, -0.2) is 0 Å². The molecule has 1 saturated carbocycles. The summed E-state index contributed by atoms with van der Waals surface area (Å²) in [6, 6.07) is 5.29. The maximum Gasteiger partial charge on any atom is 0.314 e. The summed E-state index contributed by atoms with van der Waals surface area (Å²) in [6.07, 6.45) is 4.47. The fourth-order valence-corrected chi connectivity index (χ4v) is 2.94. The van der Waals surface area contributed by atoms with Crippen LogP contribution < -0.4 is 10.1 Å². The zero-order chi connectivity index (χ0) is 18.8. The van der Waals surface area contributed by atoms with Gasteiger partial charge in [-0.15, -0.1) is 0 Å². The van der Waals surface area contributed by atoms with Gasteiger partial charge >= 0.3 is 5.97 Å². The van der Waals surface area contributed by atoms with Gasteiger partial charge in [0.15, 0.2) is 0 Å². The van der Waals surface area contributed by atoms with Gasteiger partial charge in [0.2, 0.25) is 0 Å². The van der Waals surface area contributed by atoms with E-state index in [0.29, 0.717) is 23.8 Å². The Labute approximate surface area is 153 Å². The van der Waals surface area contributed by atoms with Crippen LogP contribution in [0.25, 0.3) is 0 Å². The molecule has 3 rings (SSSR count). The molecule has 0 aliphatic heterocycles. The highest BCUT2D eigenvalue weighted by molar-refractivity contribution is 5.98. The molecule has 1 heterocycles. The van der Waals surface area contributed by atoms with Crippen LogP contribution in [0.1, 0.15) is 47.7 Å². The molecule has 0 radical (unpaired) electrons. The highest BCUT2D eigenvalue weighted by atomic mass is 16.5. The van der Waals surface area contributed by atoms with Crippen LogP contribution in [-0.4, -0.2) is 28.2 Å². The molecule has 0 bridgehead atoms. The zero-order valence-corrected chi connectivity index (χ0v) is 15.7. The summed E-state index contributed by atoms with van der Waals surface area (Å²) in [5, 5.41) is 7.03. The van der Waals surface area contributed by atoms with E-state index in [2.05, 4.69) is 10.4 Å². The minimum atomic E-state index is -0.291. The Morgan fingerprint density at radius 2 is 2.15 bits per heavy atom. The van der Waals surface area contributed by atoms with Gasteiger partial charge in [-0.1, -0.05) is 25.5 Å². The van der Waals surface area contributed by atoms with Gasteiger partial charge in [0.05, 0.1) is 17.7 Å². The van der Waals surface area contributed by atoms with E-state index in [4.69, 9.17) is 4.74 Å². The molecule has 1 fully saturated rings. The minimum absolute atomic E-state index is 0.153. The number of hydrogen-bond acceptors (Lipinski definition) is 4. The molecule has 2 aromatic rings. The van der Waals surface area contributed by atoms with Crippen molar-refractivity contribution in [2.75, 3.05) is 6.54 Å². The molecule has 1 amide bonds. The van der Waals surface area contributed by atoms with Crippen LogP contribution >= 0.6 is 0 Å².